The fourth-order valence-corrected chi connectivity index (χ4v) is 4.56. The molecule has 0 spiro atoms. The molecule has 2 heterocycles. The van der Waals surface area contributed by atoms with E-state index in [1.165, 1.54) is 18.7 Å². The number of hydrogen-bond acceptors (Lipinski definition) is 7. The number of oxime groups is 1. The van der Waals surface area contributed by atoms with E-state index < -0.39 is 35.9 Å². The van der Waals surface area contributed by atoms with Crippen LogP contribution in [0.3, 0.4) is 0 Å². The van der Waals surface area contributed by atoms with Crippen LogP contribution in [0.25, 0.3) is 0 Å². The van der Waals surface area contributed by atoms with E-state index in [0.717, 1.165) is 10.5 Å². The minimum absolute atomic E-state index is 0.113. The monoisotopic (exact) mass is 433 g/mol. The predicted octanol–water partition coefficient (Wildman–Crippen LogP) is 0.445. The number of rotatable bonds is 8. The molecule has 1 saturated heterocycles. The van der Waals surface area contributed by atoms with Crippen LogP contribution in [0.1, 0.15) is 12.5 Å². The number of carbonyl (C=O) groups excluding carboxylic acids is 2. The predicted molar refractivity (Wildman–Crippen MR) is 107 cm³/mol. The number of nitrogens with zero attached hydrogens (tertiary/aromatic N) is 2. The van der Waals surface area contributed by atoms with Gasteiger partial charge in [0.2, 0.25) is 12.5 Å². The quantitative estimate of drug-likeness (QED) is 0.304. The summed E-state index contributed by atoms with van der Waals surface area (Å²) in [4.78, 5) is 53.0. The maximum Gasteiger partial charge on any atom is 0.353 e. The first-order valence-corrected chi connectivity index (χ1v) is 9.97. The Labute approximate surface area is 175 Å². The zero-order valence-electron chi connectivity index (χ0n) is 15.9. The summed E-state index contributed by atoms with van der Waals surface area (Å²) in [5.41, 5.74) is 0.995. The molecular formula is C19H19N3O7S. The number of carboxylic acids is 2. The van der Waals surface area contributed by atoms with Crippen molar-refractivity contribution in [2.45, 2.75) is 24.8 Å². The molecule has 0 saturated carbocycles. The number of fused-ring (bicyclic) bond motifs is 1. The van der Waals surface area contributed by atoms with Gasteiger partial charge in [-0.15, -0.1) is 11.8 Å². The van der Waals surface area contributed by atoms with E-state index in [-0.39, 0.29) is 35.1 Å². The highest BCUT2D eigenvalue weighted by molar-refractivity contribution is 8.00. The number of β-lactam (4-membered cyclic amide) rings is 1. The zero-order chi connectivity index (χ0) is 21.8. The van der Waals surface area contributed by atoms with Gasteiger partial charge in [-0.05, 0) is 12.5 Å². The fraction of sp³-hybridized carbons (Fsp3) is 0.316. The van der Waals surface area contributed by atoms with Crippen molar-refractivity contribution in [3.63, 3.8) is 0 Å². The summed E-state index contributed by atoms with van der Waals surface area (Å²) in [6, 6.07) is 8.24. The van der Waals surface area contributed by atoms with Gasteiger partial charge in [0.15, 0.2) is 0 Å². The van der Waals surface area contributed by atoms with Gasteiger partial charge in [-0.1, -0.05) is 35.5 Å². The Kier molecular flexibility index (Phi) is 6.40. The average molecular weight is 433 g/mol. The molecule has 0 unspecified atom stereocenters. The number of hydrogen-bond donors (Lipinski definition) is 3. The van der Waals surface area contributed by atoms with Crippen LogP contribution in [0.2, 0.25) is 0 Å². The van der Waals surface area contributed by atoms with Gasteiger partial charge in [-0.25, -0.2) is 9.59 Å². The highest BCUT2D eigenvalue weighted by Crippen LogP contribution is 2.40. The Balaban J connectivity index is 1.72. The Hall–Kier alpha value is -3.34. The van der Waals surface area contributed by atoms with E-state index in [4.69, 9.17) is 5.11 Å². The lowest BCUT2D eigenvalue weighted by molar-refractivity contribution is -0.150. The number of thioether (sulfide) groups is 1. The molecule has 0 aliphatic carbocycles. The second-order valence-electron chi connectivity index (χ2n) is 6.59. The third-order valence-electron chi connectivity index (χ3n) is 4.52. The molecule has 0 bridgehead atoms. The molecule has 2 atom stereocenters. The number of carboxylic acid groups (broad SMARTS) is 2. The SMILES string of the molecule is CC(=NOCC(=O)O)C1=C(C(=O)O)N2C(=O)[C@@H](NC(=O)Cc3ccccc3)[C@H]2SC1. The molecule has 1 aromatic carbocycles. The fourth-order valence-electron chi connectivity index (χ4n) is 3.14. The van der Waals surface area contributed by atoms with Crippen LogP contribution in [0.4, 0.5) is 0 Å². The molecule has 3 rings (SSSR count). The molecule has 1 aromatic rings. The van der Waals surface area contributed by atoms with Crippen molar-refractivity contribution >= 4 is 41.2 Å². The van der Waals surface area contributed by atoms with E-state index in [1.54, 1.807) is 12.1 Å². The van der Waals surface area contributed by atoms with E-state index in [1.807, 2.05) is 18.2 Å². The van der Waals surface area contributed by atoms with Gasteiger partial charge in [0.1, 0.15) is 17.1 Å². The largest absolute Gasteiger partial charge is 0.479 e. The van der Waals surface area contributed by atoms with Crippen molar-refractivity contribution in [3.05, 3.63) is 47.2 Å². The second-order valence-corrected chi connectivity index (χ2v) is 7.70. The first-order chi connectivity index (χ1) is 14.3. The Morgan fingerprint density at radius 2 is 1.97 bits per heavy atom. The van der Waals surface area contributed by atoms with Crippen molar-refractivity contribution < 1.29 is 34.2 Å². The molecule has 2 aliphatic rings. The van der Waals surface area contributed by atoms with Crippen molar-refractivity contribution in [2.75, 3.05) is 12.4 Å². The first-order valence-electron chi connectivity index (χ1n) is 8.92. The summed E-state index contributed by atoms with van der Waals surface area (Å²) < 4.78 is 0. The lowest BCUT2D eigenvalue weighted by Crippen LogP contribution is -2.70. The Bertz CT molecular complexity index is 945. The van der Waals surface area contributed by atoms with Crippen molar-refractivity contribution in [2.24, 2.45) is 5.16 Å². The molecule has 2 amide bonds. The maximum atomic E-state index is 12.6. The van der Waals surface area contributed by atoms with E-state index >= 15 is 0 Å². The van der Waals surface area contributed by atoms with Gasteiger partial charge >= 0.3 is 11.9 Å². The van der Waals surface area contributed by atoms with E-state index in [9.17, 15) is 24.3 Å². The summed E-state index contributed by atoms with van der Waals surface area (Å²) in [5.74, 6) is -3.17. The van der Waals surface area contributed by atoms with Crippen LogP contribution in [-0.2, 0) is 30.4 Å². The Morgan fingerprint density at radius 3 is 2.60 bits per heavy atom. The molecule has 30 heavy (non-hydrogen) atoms. The third-order valence-corrected chi connectivity index (χ3v) is 5.80. The highest BCUT2D eigenvalue weighted by Gasteiger charge is 2.54. The van der Waals surface area contributed by atoms with Crippen molar-refractivity contribution in [1.82, 2.24) is 10.2 Å². The molecule has 2 aliphatic heterocycles. The number of aliphatic carboxylic acids is 2. The van der Waals surface area contributed by atoms with Gasteiger partial charge in [0.05, 0.1) is 12.1 Å². The van der Waals surface area contributed by atoms with Crippen LogP contribution in [-0.4, -0.2) is 68.4 Å². The van der Waals surface area contributed by atoms with E-state index in [0.29, 0.717) is 0 Å². The summed E-state index contributed by atoms with van der Waals surface area (Å²) >= 11 is 1.29. The van der Waals surface area contributed by atoms with Gasteiger partial charge in [-0.3, -0.25) is 14.5 Å². The standard InChI is InChI=1S/C19H19N3O7S/c1-10(21-29-8-14(24)25)12-9-30-18-15(17(26)22(18)16(12)19(27)28)20-13(23)7-11-5-3-2-4-6-11/h2-6,15,18H,7-9H2,1H3,(H,20,23)(H,24,25)(H,27,28)/t15-,18-/m1/s1. The lowest BCUT2D eigenvalue weighted by atomic mass is 10.0. The molecular weight excluding hydrogens is 414 g/mol. The van der Waals surface area contributed by atoms with Gasteiger partial charge in [-0.2, -0.15) is 0 Å². The van der Waals surface area contributed by atoms with Crippen LogP contribution >= 0.6 is 11.8 Å². The molecule has 10 nitrogen and oxygen atoms in total. The molecule has 158 valence electrons. The topological polar surface area (TPSA) is 146 Å². The van der Waals surface area contributed by atoms with Gasteiger partial charge in [0, 0.05) is 11.3 Å². The van der Waals surface area contributed by atoms with Crippen LogP contribution in [0.5, 0.6) is 0 Å². The zero-order valence-corrected chi connectivity index (χ0v) is 16.7. The normalized spacial score (nSPS) is 20.9. The number of amides is 2. The van der Waals surface area contributed by atoms with Crippen LogP contribution < -0.4 is 5.32 Å². The summed E-state index contributed by atoms with van der Waals surface area (Å²) in [5, 5.41) is 24.0. The number of carbonyl (C=O) groups is 4. The maximum absolute atomic E-state index is 12.6. The van der Waals surface area contributed by atoms with E-state index in [2.05, 4.69) is 15.3 Å². The smallest absolute Gasteiger partial charge is 0.353 e. The van der Waals surface area contributed by atoms with Crippen LogP contribution in [0, 0.1) is 0 Å². The summed E-state index contributed by atoms with van der Waals surface area (Å²) in [6.07, 6.45) is 0.113. The molecule has 0 radical (unpaired) electrons. The minimum atomic E-state index is -1.31. The average Bonchev–Trinajstić information content (AvgIpc) is 2.71. The van der Waals surface area contributed by atoms with Crippen LogP contribution in [0.15, 0.2) is 46.8 Å². The summed E-state index contributed by atoms with van der Waals surface area (Å²) in [6.45, 7) is 0.811. The first kappa shape index (κ1) is 21.4. The molecule has 0 aromatic heterocycles. The third kappa shape index (κ3) is 4.46. The van der Waals surface area contributed by atoms with Crippen molar-refractivity contribution in [1.29, 1.82) is 0 Å². The molecule has 11 heteroatoms. The number of nitrogens with one attached hydrogen (secondary N) is 1. The molecule has 1 fully saturated rings. The minimum Gasteiger partial charge on any atom is -0.479 e. The molecule has 3 N–H and O–H groups in total. The van der Waals surface area contributed by atoms with Gasteiger partial charge < -0.3 is 20.4 Å². The lowest BCUT2D eigenvalue weighted by Gasteiger charge is -2.49. The Morgan fingerprint density at radius 1 is 1.27 bits per heavy atom. The number of benzene rings is 1. The van der Waals surface area contributed by atoms with Crippen molar-refractivity contribution in [3.8, 4) is 0 Å². The summed E-state index contributed by atoms with van der Waals surface area (Å²) in [7, 11) is 0. The second kappa shape index (κ2) is 8.99. The highest BCUT2D eigenvalue weighted by atomic mass is 32.2. The van der Waals surface area contributed by atoms with Gasteiger partial charge in [0.25, 0.3) is 5.91 Å².